The van der Waals surface area contributed by atoms with Gasteiger partial charge in [0.25, 0.3) is 0 Å². The van der Waals surface area contributed by atoms with E-state index >= 15 is 0 Å². The lowest BCUT2D eigenvalue weighted by atomic mass is 10.2. The summed E-state index contributed by atoms with van der Waals surface area (Å²) in [7, 11) is 0. The third-order valence-electron chi connectivity index (χ3n) is 1.28. The van der Waals surface area contributed by atoms with Gasteiger partial charge in [0.15, 0.2) is 0 Å². The summed E-state index contributed by atoms with van der Waals surface area (Å²) in [6.45, 7) is 0.740. The van der Waals surface area contributed by atoms with E-state index in [9.17, 15) is 0 Å². The molecule has 0 fully saturated rings. The van der Waals surface area contributed by atoms with Gasteiger partial charge in [0.1, 0.15) is 0 Å². The second kappa shape index (κ2) is 7.12. The van der Waals surface area contributed by atoms with Crippen LogP contribution in [0.3, 0.4) is 0 Å². The van der Waals surface area contributed by atoms with Gasteiger partial charge in [-0.25, -0.2) is 4.79 Å². The van der Waals surface area contributed by atoms with Crippen LogP contribution in [0.2, 0.25) is 0 Å². The lowest BCUT2D eigenvalue weighted by Gasteiger charge is -1.93. The van der Waals surface area contributed by atoms with E-state index in [1.807, 2.05) is 18.2 Å². The molecule has 0 amide bonds. The smallest absolute Gasteiger partial charge is 0.450 e. The van der Waals surface area contributed by atoms with Gasteiger partial charge >= 0.3 is 6.16 Å². The van der Waals surface area contributed by atoms with Crippen molar-refractivity contribution in [1.82, 2.24) is 0 Å². The highest BCUT2D eigenvalue weighted by Gasteiger charge is 1.84. The number of nitrogens with two attached hydrogens (primary N) is 1. The summed E-state index contributed by atoms with van der Waals surface area (Å²) in [6.07, 6.45) is -0.846. The number of carbonyl (C=O) groups is 1. The molecule has 1 aromatic carbocycles. The zero-order valence-electron chi connectivity index (χ0n) is 7.18. The van der Waals surface area contributed by atoms with Gasteiger partial charge in [-0.15, -0.1) is 0 Å². The lowest BCUT2D eigenvalue weighted by molar-refractivity contribution is 0.137. The Balaban J connectivity index is 0.000000310. The molecule has 4 heteroatoms. The summed E-state index contributed by atoms with van der Waals surface area (Å²) < 4.78 is 0. The fraction of sp³-hybridized carbons (Fsp3) is 0.222. The van der Waals surface area contributed by atoms with Crippen molar-refractivity contribution in [2.24, 2.45) is 5.73 Å². The molecule has 0 spiro atoms. The van der Waals surface area contributed by atoms with E-state index in [2.05, 4.69) is 12.1 Å². The van der Waals surface area contributed by atoms with Crippen molar-refractivity contribution in [3.8, 4) is 0 Å². The molecule has 0 saturated carbocycles. The maximum Gasteiger partial charge on any atom is 0.503 e. The molecule has 0 heterocycles. The highest BCUT2D eigenvalue weighted by molar-refractivity contribution is 5.53. The van der Waals surface area contributed by atoms with Gasteiger partial charge in [-0.05, 0) is 18.5 Å². The molecule has 72 valence electrons. The SMILES string of the molecule is NCCc1ccccc1.O=C(O)O. The van der Waals surface area contributed by atoms with Crippen molar-refractivity contribution in [3.63, 3.8) is 0 Å². The zero-order chi connectivity index (χ0) is 10.1. The van der Waals surface area contributed by atoms with E-state index in [0.29, 0.717) is 0 Å². The zero-order valence-corrected chi connectivity index (χ0v) is 7.18. The van der Waals surface area contributed by atoms with Crippen molar-refractivity contribution in [2.45, 2.75) is 6.42 Å². The van der Waals surface area contributed by atoms with E-state index in [0.717, 1.165) is 13.0 Å². The topological polar surface area (TPSA) is 83.6 Å². The first-order valence-corrected chi connectivity index (χ1v) is 3.82. The van der Waals surface area contributed by atoms with E-state index in [4.69, 9.17) is 20.7 Å². The van der Waals surface area contributed by atoms with Crippen LogP contribution in [0.5, 0.6) is 0 Å². The number of hydrogen-bond donors (Lipinski definition) is 3. The van der Waals surface area contributed by atoms with Crippen LogP contribution in [0.4, 0.5) is 4.79 Å². The molecular weight excluding hydrogens is 170 g/mol. The summed E-state index contributed by atoms with van der Waals surface area (Å²) >= 11 is 0. The number of benzene rings is 1. The highest BCUT2D eigenvalue weighted by atomic mass is 16.6. The second-order valence-electron chi connectivity index (χ2n) is 2.31. The Bertz CT molecular complexity index is 232. The molecule has 0 radical (unpaired) electrons. The molecule has 0 saturated heterocycles. The molecule has 1 aromatic rings. The van der Waals surface area contributed by atoms with Crippen LogP contribution < -0.4 is 5.73 Å². The summed E-state index contributed by atoms with van der Waals surface area (Å²) in [5.74, 6) is 0. The van der Waals surface area contributed by atoms with Crippen molar-refractivity contribution in [3.05, 3.63) is 35.9 Å². The molecule has 0 bridgehead atoms. The summed E-state index contributed by atoms with van der Waals surface area (Å²) in [4.78, 5) is 8.56. The Morgan fingerprint density at radius 2 is 1.69 bits per heavy atom. The molecule has 4 N–H and O–H groups in total. The fourth-order valence-corrected chi connectivity index (χ4v) is 0.811. The first-order valence-electron chi connectivity index (χ1n) is 3.82. The van der Waals surface area contributed by atoms with Crippen LogP contribution in [-0.2, 0) is 6.42 Å². The van der Waals surface area contributed by atoms with Crippen LogP contribution >= 0.6 is 0 Å². The van der Waals surface area contributed by atoms with Gasteiger partial charge in [0.05, 0.1) is 0 Å². The van der Waals surface area contributed by atoms with Crippen LogP contribution in [-0.4, -0.2) is 22.9 Å². The van der Waals surface area contributed by atoms with Gasteiger partial charge in [0.2, 0.25) is 0 Å². The molecule has 0 aromatic heterocycles. The van der Waals surface area contributed by atoms with Crippen LogP contribution in [0.15, 0.2) is 30.3 Å². The highest BCUT2D eigenvalue weighted by Crippen LogP contribution is 1.96. The molecule has 0 aliphatic heterocycles. The van der Waals surface area contributed by atoms with Gasteiger partial charge in [-0.1, -0.05) is 30.3 Å². The minimum absolute atomic E-state index is 0.740. The fourth-order valence-electron chi connectivity index (χ4n) is 0.811. The number of rotatable bonds is 2. The van der Waals surface area contributed by atoms with Crippen LogP contribution in [0.25, 0.3) is 0 Å². The molecule has 0 atom stereocenters. The Hall–Kier alpha value is -1.55. The third-order valence-corrected chi connectivity index (χ3v) is 1.28. The standard InChI is InChI=1S/C8H11N.CH2O3/c9-7-6-8-4-2-1-3-5-8;2-1(3)4/h1-5H,6-7,9H2;(H2,2,3,4). The van der Waals surface area contributed by atoms with E-state index < -0.39 is 6.16 Å². The average molecular weight is 183 g/mol. The largest absolute Gasteiger partial charge is 0.503 e. The van der Waals surface area contributed by atoms with Crippen molar-refractivity contribution < 1.29 is 15.0 Å². The van der Waals surface area contributed by atoms with E-state index in [-0.39, 0.29) is 0 Å². The quantitative estimate of drug-likeness (QED) is 0.647. The van der Waals surface area contributed by atoms with E-state index in [1.54, 1.807) is 0 Å². The molecule has 0 aliphatic carbocycles. The Morgan fingerprint density at radius 3 is 2.08 bits per heavy atom. The van der Waals surface area contributed by atoms with Crippen molar-refractivity contribution in [1.29, 1.82) is 0 Å². The first kappa shape index (κ1) is 11.4. The van der Waals surface area contributed by atoms with Gasteiger partial charge in [0, 0.05) is 0 Å². The third kappa shape index (κ3) is 8.36. The minimum Gasteiger partial charge on any atom is -0.450 e. The summed E-state index contributed by atoms with van der Waals surface area (Å²) in [6, 6.07) is 10.3. The predicted molar refractivity (Wildman–Crippen MR) is 49.9 cm³/mol. The Labute approximate surface area is 76.6 Å². The monoisotopic (exact) mass is 183 g/mol. The maximum atomic E-state index is 8.56. The Kier molecular flexibility index (Phi) is 6.27. The normalized spacial score (nSPS) is 8.38. The molecular formula is C9H13NO3. The summed E-state index contributed by atoms with van der Waals surface area (Å²) in [5, 5.41) is 13.9. The molecule has 1 rings (SSSR count). The summed E-state index contributed by atoms with van der Waals surface area (Å²) in [5.41, 5.74) is 6.68. The molecule has 13 heavy (non-hydrogen) atoms. The average Bonchev–Trinajstić information content (AvgIpc) is 2.06. The minimum atomic E-state index is -1.83. The molecule has 0 aliphatic rings. The van der Waals surface area contributed by atoms with Crippen LogP contribution in [0, 0.1) is 0 Å². The number of hydrogen-bond acceptors (Lipinski definition) is 2. The maximum absolute atomic E-state index is 8.56. The van der Waals surface area contributed by atoms with Crippen LogP contribution in [0.1, 0.15) is 5.56 Å². The van der Waals surface area contributed by atoms with E-state index in [1.165, 1.54) is 5.56 Å². The van der Waals surface area contributed by atoms with Crippen molar-refractivity contribution in [2.75, 3.05) is 6.54 Å². The molecule has 0 unspecified atom stereocenters. The van der Waals surface area contributed by atoms with Gasteiger partial charge in [-0.3, -0.25) is 0 Å². The Morgan fingerprint density at radius 1 is 1.23 bits per heavy atom. The predicted octanol–water partition coefficient (Wildman–Crippen LogP) is 1.41. The van der Waals surface area contributed by atoms with Gasteiger partial charge in [-0.2, -0.15) is 0 Å². The second-order valence-corrected chi connectivity index (χ2v) is 2.31. The van der Waals surface area contributed by atoms with Crippen molar-refractivity contribution >= 4 is 6.16 Å². The lowest BCUT2D eigenvalue weighted by Crippen LogP contribution is -2.01. The number of carboxylic acid groups (broad SMARTS) is 2. The molecule has 4 nitrogen and oxygen atoms in total. The van der Waals surface area contributed by atoms with Gasteiger partial charge < -0.3 is 15.9 Å². The first-order chi connectivity index (χ1) is 6.16.